The molecule has 5 N–H and O–H groups in total. The molecular formula is C25H24F3N5O4. The van der Waals surface area contributed by atoms with Gasteiger partial charge >= 0.3 is 12.1 Å². The summed E-state index contributed by atoms with van der Waals surface area (Å²) in [6.07, 6.45) is -2.26. The molecule has 194 valence electrons. The van der Waals surface area contributed by atoms with Crippen molar-refractivity contribution in [1.82, 2.24) is 10.3 Å². The van der Waals surface area contributed by atoms with Gasteiger partial charge in [-0.1, -0.05) is 12.1 Å². The number of alkyl halides is 3. The van der Waals surface area contributed by atoms with E-state index < -0.39 is 36.0 Å². The average molecular weight is 515 g/mol. The van der Waals surface area contributed by atoms with Crippen LogP contribution in [0.2, 0.25) is 0 Å². The van der Waals surface area contributed by atoms with E-state index in [1.807, 2.05) is 0 Å². The minimum atomic E-state index is -5.12. The first kappa shape index (κ1) is 26.0. The van der Waals surface area contributed by atoms with E-state index in [4.69, 9.17) is 11.5 Å². The first-order chi connectivity index (χ1) is 17.5. The van der Waals surface area contributed by atoms with Crippen molar-refractivity contribution < 1.29 is 32.3 Å². The molecule has 12 heteroatoms. The molecule has 3 aromatic rings. The van der Waals surface area contributed by atoms with Crippen LogP contribution >= 0.6 is 0 Å². The van der Waals surface area contributed by atoms with Crippen LogP contribution in [0.4, 0.5) is 24.7 Å². The molecule has 0 unspecified atom stereocenters. The molecule has 2 amide bonds. The van der Waals surface area contributed by atoms with Gasteiger partial charge in [0.25, 0.3) is 11.8 Å². The van der Waals surface area contributed by atoms with E-state index in [2.05, 4.69) is 15.0 Å². The smallest absolute Gasteiger partial charge is 0.420 e. The maximum atomic E-state index is 13.5. The summed E-state index contributed by atoms with van der Waals surface area (Å²) >= 11 is 0. The van der Waals surface area contributed by atoms with Crippen LogP contribution in [-0.4, -0.2) is 47.6 Å². The maximum Gasteiger partial charge on any atom is 0.491 e. The van der Waals surface area contributed by atoms with Crippen molar-refractivity contribution in [3.8, 4) is 5.75 Å². The number of esters is 1. The van der Waals surface area contributed by atoms with Crippen LogP contribution in [0.25, 0.3) is 10.8 Å². The number of aromatic nitrogens is 1. The fourth-order valence-corrected chi connectivity index (χ4v) is 4.11. The molecule has 1 saturated heterocycles. The normalized spacial score (nSPS) is 16.4. The zero-order chi connectivity index (χ0) is 26.7. The third kappa shape index (κ3) is 5.87. The predicted molar refractivity (Wildman–Crippen MR) is 129 cm³/mol. The number of benzene rings is 2. The summed E-state index contributed by atoms with van der Waals surface area (Å²) in [7, 11) is 0. The summed E-state index contributed by atoms with van der Waals surface area (Å²) in [5, 5.41) is 4.45. The third-order valence-electron chi connectivity index (χ3n) is 5.97. The molecule has 2 aromatic carbocycles. The van der Waals surface area contributed by atoms with E-state index in [0.717, 1.165) is 11.3 Å². The largest absolute Gasteiger partial charge is 0.491 e. The molecule has 2 atom stereocenters. The molecular weight excluding hydrogens is 491 g/mol. The first-order valence-electron chi connectivity index (χ1n) is 11.4. The molecule has 0 radical (unpaired) electrons. The SMILES string of the molecule is Nc1nccc2cc(N(C(=O)[C@@H]3CCCN3)C(=O)[C@@H](N)Cc3ccc(OC(=O)C(F)(F)F)cc3)ccc12. The zero-order valence-corrected chi connectivity index (χ0v) is 19.5. The van der Waals surface area contributed by atoms with Crippen molar-refractivity contribution in [2.24, 2.45) is 5.73 Å². The Bertz CT molecular complexity index is 1320. The Balaban J connectivity index is 1.56. The van der Waals surface area contributed by atoms with Gasteiger partial charge in [-0.05, 0) is 73.2 Å². The molecule has 1 aliphatic heterocycles. The van der Waals surface area contributed by atoms with Crippen LogP contribution in [0.1, 0.15) is 18.4 Å². The van der Waals surface area contributed by atoms with Gasteiger partial charge in [-0.3, -0.25) is 9.59 Å². The van der Waals surface area contributed by atoms with Crippen molar-refractivity contribution in [2.45, 2.75) is 37.5 Å². The van der Waals surface area contributed by atoms with Gasteiger partial charge in [0.1, 0.15) is 11.6 Å². The third-order valence-corrected chi connectivity index (χ3v) is 5.97. The van der Waals surface area contributed by atoms with E-state index >= 15 is 0 Å². The van der Waals surface area contributed by atoms with Crippen LogP contribution in [0.15, 0.2) is 54.7 Å². The average Bonchev–Trinajstić information content (AvgIpc) is 3.40. The summed E-state index contributed by atoms with van der Waals surface area (Å²) in [4.78, 5) is 43.0. The maximum absolute atomic E-state index is 13.5. The van der Waals surface area contributed by atoms with Crippen molar-refractivity contribution >= 4 is 40.1 Å². The van der Waals surface area contributed by atoms with E-state index in [-0.39, 0.29) is 12.2 Å². The van der Waals surface area contributed by atoms with Crippen molar-refractivity contribution in [3.63, 3.8) is 0 Å². The number of carbonyl (C=O) groups excluding carboxylic acids is 3. The van der Waals surface area contributed by atoms with Crippen molar-refractivity contribution in [2.75, 3.05) is 17.2 Å². The second-order valence-corrected chi connectivity index (χ2v) is 8.60. The number of carbonyl (C=O) groups is 3. The van der Waals surface area contributed by atoms with Gasteiger partial charge in [-0.25, -0.2) is 14.7 Å². The lowest BCUT2D eigenvalue weighted by Crippen LogP contribution is -2.53. The number of amides is 2. The second-order valence-electron chi connectivity index (χ2n) is 8.60. The molecule has 1 fully saturated rings. The van der Waals surface area contributed by atoms with Gasteiger partial charge in [-0.15, -0.1) is 0 Å². The van der Waals surface area contributed by atoms with Gasteiger partial charge in [0.2, 0.25) is 0 Å². The number of imide groups is 1. The number of nitrogens with two attached hydrogens (primary N) is 2. The highest BCUT2D eigenvalue weighted by Crippen LogP contribution is 2.27. The molecule has 9 nitrogen and oxygen atoms in total. The highest BCUT2D eigenvalue weighted by Gasteiger charge is 2.41. The fraction of sp³-hybridized carbons (Fsp3) is 0.280. The van der Waals surface area contributed by atoms with Crippen LogP contribution < -0.4 is 26.4 Å². The number of halogens is 3. The summed E-state index contributed by atoms with van der Waals surface area (Å²) in [6.45, 7) is 0.648. The lowest BCUT2D eigenvalue weighted by Gasteiger charge is -2.27. The molecule has 0 saturated carbocycles. The van der Waals surface area contributed by atoms with Gasteiger partial charge in [0.15, 0.2) is 0 Å². The Hall–Kier alpha value is -4.03. The highest BCUT2D eigenvalue weighted by molar-refractivity contribution is 6.19. The number of rotatable bonds is 6. The monoisotopic (exact) mass is 515 g/mol. The number of nitrogen functional groups attached to an aromatic ring is 1. The number of nitrogens with one attached hydrogen (secondary N) is 1. The number of pyridine rings is 1. The second kappa shape index (κ2) is 10.5. The lowest BCUT2D eigenvalue weighted by atomic mass is 10.0. The molecule has 0 aliphatic carbocycles. The molecule has 2 heterocycles. The van der Waals surface area contributed by atoms with Crippen molar-refractivity contribution in [3.05, 3.63) is 60.3 Å². The number of anilines is 2. The minimum Gasteiger partial charge on any atom is -0.420 e. The molecule has 0 spiro atoms. The van der Waals surface area contributed by atoms with Crippen LogP contribution in [0.5, 0.6) is 5.75 Å². The topological polar surface area (TPSA) is 141 Å². The molecule has 37 heavy (non-hydrogen) atoms. The van der Waals surface area contributed by atoms with E-state index in [0.29, 0.717) is 40.8 Å². The number of hydrogen-bond acceptors (Lipinski definition) is 8. The summed E-state index contributed by atoms with van der Waals surface area (Å²) < 4.78 is 41.5. The van der Waals surface area contributed by atoms with Crippen LogP contribution in [0, 0.1) is 0 Å². The summed E-state index contributed by atoms with van der Waals surface area (Å²) in [5.74, 6) is -3.41. The first-order valence-corrected chi connectivity index (χ1v) is 11.4. The van der Waals surface area contributed by atoms with Gasteiger partial charge < -0.3 is 21.5 Å². The number of hydrogen-bond donors (Lipinski definition) is 3. The predicted octanol–water partition coefficient (Wildman–Crippen LogP) is 2.47. The van der Waals surface area contributed by atoms with E-state index in [1.165, 1.54) is 30.5 Å². The zero-order valence-electron chi connectivity index (χ0n) is 19.5. The van der Waals surface area contributed by atoms with E-state index in [9.17, 15) is 27.6 Å². The number of ether oxygens (including phenoxy) is 1. The molecule has 4 rings (SSSR count). The Kier molecular flexibility index (Phi) is 7.41. The summed E-state index contributed by atoms with van der Waals surface area (Å²) in [5.41, 5.74) is 13.0. The van der Waals surface area contributed by atoms with Crippen LogP contribution in [0.3, 0.4) is 0 Å². The van der Waals surface area contributed by atoms with Crippen LogP contribution in [-0.2, 0) is 20.8 Å². The van der Waals surface area contributed by atoms with Gasteiger partial charge in [0, 0.05) is 11.6 Å². The molecule has 1 aliphatic rings. The number of nitrogens with zero attached hydrogens (tertiary/aromatic N) is 2. The van der Waals surface area contributed by atoms with Gasteiger partial charge in [0.05, 0.1) is 17.8 Å². The Morgan fingerprint density at radius 3 is 2.51 bits per heavy atom. The lowest BCUT2D eigenvalue weighted by molar-refractivity contribution is -0.189. The minimum absolute atomic E-state index is 0.0152. The van der Waals surface area contributed by atoms with Crippen molar-refractivity contribution in [1.29, 1.82) is 0 Å². The fourth-order valence-electron chi connectivity index (χ4n) is 4.11. The Labute approximate surface area is 209 Å². The highest BCUT2D eigenvalue weighted by atomic mass is 19.4. The Morgan fingerprint density at radius 1 is 1.14 bits per heavy atom. The molecule has 0 bridgehead atoms. The Morgan fingerprint density at radius 2 is 1.86 bits per heavy atom. The molecule has 1 aromatic heterocycles. The number of fused-ring (bicyclic) bond motifs is 1. The standard InChI is InChI=1S/C25H24F3N5O4/c26-25(27,28)24(36)37-17-6-3-14(4-7-17)12-19(29)22(34)33(23(35)20-2-1-10-31-20)16-5-8-18-15(13-16)9-11-32-21(18)30/h3-9,11,13,19-20,31H,1-2,10,12,29H2,(H2,30,32)/t19-,20-/m0/s1. The summed E-state index contributed by atoms with van der Waals surface area (Å²) in [6, 6.07) is 10.1. The van der Waals surface area contributed by atoms with Gasteiger partial charge in [-0.2, -0.15) is 13.2 Å². The van der Waals surface area contributed by atoms with E-state index in [1.54, 1.807) is 24.3 Å². The quantitative estimate of drug-likeness (QED) is 0.336.